The molecule has 17 heavy (non-hydrogen) atoms. The summed E-state index contributed by atoms with van der Waals surface area (Å²) >= 11 is 0. The van der Waals surface area contributed by atoms with Gasteiger partial charge in [-0.1, -0.05) is 20.8 Å². The lowest BCUT2D eigenvalue weighted by Crippen LogP contribution is -2.18. The minimum Gasteiger partial charge on any atom is -0.309 e. The van der Waals surface area contributed by atoms with Gasteiger partial charge in [-0.15, -0.1) is 0 Å². The van der Waals surface area contributed by atoms with E-state index >= 15 is 0 Å². The first kappa shape index (κ1) is 16.3. The van der Waals surface area contributed by atoms with Gasteiger partial charge in [0.1, 0.15) is 11.6 Å². The Balaban J connectivity index is 3.68. The Morgan fingerprint density at radius 2 is 1.53 bits per heavy atom. The molecule has 100 valence electrons. The van der Waals surface area contributed by atoms with Crippen LogP contribution in [-0.2, 0) is 9.59 Å². The molecule has 0 aliphatic carbocycles. The van der Waals surface area contributed by atoms with Gasteiger partial charge in [0.2, 0.25) is 0 Å². The highest BCUT2D eigenvalue weighted by Crippen LogP contribution is 2.21. The fraction of sp³-hybridized carbons (Fsp3) is 0.857. The van der Waals surface area contributed by atoms with Crippen LogP contribution in [0.1, 0.15) is 52.9 Å². The summed E-state index contributed by atoms with van der Waals surface area (Å²) in [7, 11) is 3.86. The Labute approximate surface area is 106 Å². The fourth-order valence-corrected chi connectivity index (χ4v) is 1.56. The lowest BCUT2D eigenvalue weighted by atomic mass is 9.89. The van der Waals surface area contributed by atoms with Crippen LogP contribution in [0.3, 0.4) is 0 Å². The van der Waals surface area contributed by atoms with E-state index in [0.717, 1.165) is 19.4 Å². The van der Waals surface area contributed by atoms with Gasteiger partial charge in [0, 0.05) is 19.4 Å². The SMILES string of the molecule is CN(C)CCC(=O)CC(=O)CCCC(C)(C)C. The predicted molar refractivity (Wildman–Crippen MR) is 71.1 cm³/mol. The van der Waals surface area contributed by atoms with Gasteiger partial charge in [-0.05, 0) is 32.4 Å². The summed E-state index contributed by atoms with van der Waals surface area (Å²) in [6.07, 6.45) is 3.08. The van der Waals surface area contributed by atoms with Crippen molar-refractivity contribution in [2.24, 2.45) is 5.41 Å². The topological polar surface area (TPSA) is 37.4 Å². The van der Waals surface area contributed by atoms with E-state index in [1.165, 1.54) is 0 Å². The lowest BCUT2D eigenvalue weighted by Gasteiger charge is -2.17. The second-order valence-electron chi connectivity index (χ2n) is 6.22. The fourth-order valence-electron chi connectivity index (χ4n) is 1.56. The van der Waals surface area contributed by atoms with Crippen molar-refractivity contribution >= 4 is 11.6 Å². The Bertz CT molecular complexity index is 251. The van der Waals surface area contributed by atoms with Crippen LogP contribution >= 0.6 is 0 Å². The second kappa shape index (κ2) is 7.59. The molecule has 0 spiro atoms. The molecule has 0 heterocycles. The van der Waals surface area contributed by atoms with E-state index in [0.29, 0.717) is 12.8 Å². The van der Waals surface area contributed by atoms with Crippen molar-refractivity contribution in [3.63, 3.8) is 0 Å². The number of rotatable bonds is 8. The Morgan fingerprint density at radius 3 is 2.00 bits per heavy atom. The van der Waals surface area contributed by atoms with Gasteiger partial charge in [-0.2, -0.15) is 0 Å². The summed E-state index contributed by atoms with van der Waals surface area (Å²) in [5, 5.41) is 0. The first-order chi connectivity index (χ1) is 7.70. The van der Waals surface area contributed by atoms with Crippen LogP contribution in [0.2, 0.25) is 0 Å². The highest BCUT2D eigenvalue weighted by atomic mass is 16.1. The first-order valence-corrected chi connectivity index (χ1v) is 6.39. The summed E-state index contributed by atoms with van der Waals surface area (Å²) in [6.45, 7) is 7.23. The Kier molecular flexibility index (Phi) is 7.28. The number of Topliss-reactive ketones (excluding diaryl/α,β-unsaturated/α-hetero) is 2. The molecule has 0 N–H and O–H groups in total. The molecule has 0 aromatic rings. The van der Waals surface area contributed by atoms with E-state index in [9.17, 15) is 9.59 Å². The summed E-state index contributed by atoms with van der Waals surface area (Å²) in [6, 6.07) is 0. The molecule has 0 atom stereocenters. The molecule has 0 bridgehead atoms. The van der Waals surface area contributed by atoms with E-state index < -0.39 is 0 Å². The van der Waals surface area contributed by atoms with Gasteiger partial charge < -0.3 is 4.90 Å². The summed E-state index contributed by atoms with van der Waals surface area (Å²) in [4.78, 5) is 25.0. The zero-order valence-electron chi connectivity index (χ0n) is 12.0. The van der Waals surface area contributed by atoms with Gasteiger partial charge in [0.05, 0.1) is 6.42 Å². The zero-order chi connectivity index (χ0) is 13.5. The third-order valence-electron chi connectivity index (χ3n) is 2.61. The average molecular weight is 241 g/mol. The highest BCUT2D eigenvalue weighted by molar-refractivity contribution is 5.99. The zero-order valence-corrected chi connectivity index (χ0v) is 12.0. The molecule has 0 aromatic carbocycles. The Hall–Kier alpha value is -0.700. The van der Waals surface area contributed by atoms with Crippen molar-refractivity contribution in [1.29, 1.82) is 0 Å². The molecule has 0 saturated carbocycles. The number of carbonyl (C=O) groups excluding carboxylic acids is 2. The van der Waals surface area contributed by atoms with Crippen molar-refractivity contribution in [2.45, 2.75) is 52.9 Å². The summed E-state index contributed by atoms with van der Waals surface area (Å²) in [5.74, 6) is 0.164. The standard InChI is InChI=1S/C14H27NO2/c1-14(2,3)9-6-7-12(16)11-13(17)8-10-15(4)5/h6-11H2,1-5H3. The van der Waals surface area contributed by atoms with Gasteiger partial charge in [-0.25, -0.2) is 0 Å². The monoisotopic (exact) mass is 241 g/mol. The van der Waals surface area contributed by atoms with Crippen LogP contribution in [-0.4, -0.2) is 37.1 Å². The first-order valence-electron chi connectivity index (χ1n) is 6.39. The molecule has 0 fully saturated rings. The van der Waals surface area contributed by atoms with Crippen molar-refractivity contribution in [3.05, 3.63) is 0 Å². The van der Waals surface area contributed by atoms with Crippen LogP contribution in [0.5, 0.6) is 0 Å². The average Bonchev–Trinajstić information content (AvgIpc) is 2.12. The lowest BCUT2D eigenvalue weighted by molar-refractivity contribution is -0.127. The maximum absolute atomic E-state index is 11.5. The normalized spacial score (nSPS) is 11.9. The molecule has 0 amide bonds. The largest absolute Gasteiger partial charge is 0.309 e. The van der Waals surface area contributed by atoms with Gasteiger partial charge in [-0.3, -0.25) is 9.59 Å². The quantitative estimate of drug-likeness (QED) is 0.613. The third-order valence-corrected chi connectivity index (χ3v) is 2.61. The minimum absolute atomic E-state index is 0.0689. The Morgan fingerprint density at radius 1 is 1.00 bits per heavy atom. The molecule has 0 rings (SSSR count). The van der Waals surface area contributed by atoms with Crippen LogP contribution in [0.25, 0.3) is 0 Å². The van der Waals surface area contributed by atoms with E-state index in [2.05, 4.69) is 20.8 Å². The second-order valence-corrected chi connectivity index (χ2v) is 6.22. The van der Waals surface area contributed by atoms with Crippen molar-refractivity contribution in [2.75, 3.05) is 20.6 Å². The highest BCUT2D eigenvalue weighted by Gasteiger charge is 2.13. The smallest absolute Gasteiger partial charge is 0.141 e. The molecular weight excluding hydrogens is 214 g/mol. The van der Waals surface area contributed by atoms with E-state index in [-0.39, 0.29) is 23.4 Å². The molecule has 0 aliphatic heterocycles. The van der Waals surface area contributed by atoms with E-state index in [4.69, 9.17) is 0 Å². The number of hydrogen-bond acceptors (Lipinski definition) is 3. The van der Waals surface area contributed by atoms with Crippen LogP contribution in [0.15, 0.2) is 0 Å². The molecule has 0 aromatic heterocycles. The van der Waals surface area contributed by atoms with Gasteiger partial charge in [0.15, 0.2) is 0 Å². The molecule has 0 unspecified atom stereocenters. The van der Waals surface area contributed by atoms with Gasteiger partial charge >= 0.3 is 0 Å². The molecule has 3 nitrogen and oxygen atoms in total. The molecule has 3 heteroatoms. The number of hydrogen-bond donors (Lipinski definition) is 0. The van der Waals surface area contributed by atoms with Crippen molar-refractivity contribution in [1.82, 2.24) is 4.90 Å². The maximum atomic E-state index is 11.5. The molecule has 0 aliphatic rings. The van der Waals surface area contributed by atoms with Crippen LogP contribution in [0.4, 0.5) is 0 Å². The summed E-state index contributed by atoms with van der Waals surface area (Å²) in [5.41, 5.74) is 0.273. The van der Waals surface area contributed by atoms with Crippen LogP contribution < -0.4 is 0 Å². The maximum Gasteiger partial charge on any atom is 0.141 e. The summed E-state index contributed by atoms with van der Waals surface area (Å²) < 4.78 is 0. The number of nitrogens with zero attached hydrogens (tertiary/aromatic N) is 1. The molecule has 0 saturated heterocycles. The van der Waals surface area contributed by atoms with Gasteiger partial charge in [0.25, 0.3) is 0 Å². The molecular formula is C14H27NO2. The number of ketones is 2. The van der Waals surface area contributed by atoms with Crippen molar-refractivity contribution in [3.8, 4) is 0 Å². The molecule has 0 radical (unpaired) electrons. The minimum atomic E-state index is 0.0689. The van der Waals surface area contributed by atoms with Crippen LogP contribution in [0, 0.1) is 5.41 Å². The third kappa shape index (κ3) is 11.6. The van der Waals surface area contributed by atoms with E-state index in [1.54, 1.807) is 0 Å². The number of carbonyl (C=O) groups is 2. The van der Waals surface area contributed by atoms with E-state index in [1.807, 2.05) is 19.0 Å². The predicted octanol–water partition coefficient (Wildman–Crippen LogP) is 2.68. The van der Waals surface area contributed by atoms with Crippen molar-refractivity contribution < 1.29 is 9.59 Å².